The van der Waals surface area contributed by atoms with Crippen molar-refractivity contribution in [2.45, 2.75) is 0 Å². The number of nitrogen functional groups attached to an aromatic ring is 1. The number of carboxylic acid groups (broad SMARTS) is 1. The Bertz CT molecular complexity index is 1040. The number of rotatable bonds is 4. The van der Waals surface area contributed by atoms with Gasteiger partial charge >= 0.3 is 11.9 Å². The van der Waals surface area contributed by atoms with Gasteiger partial charge in [-0.1, -0.05) is 0 Å². The first kappa shape index (κ1) is 16.8. The van der Waals surface area contributed by atoms with E-state index in [0.29, 0.717) is 5.69 Å². The third-order valence-electron chi connectivity index (χ3n) is 3.78. The van der Waals surface area contributed by atoms with Crippen molar-refractivity contribution < 1.29 is 19.4 Å². The smallest absolute Gasteiger partial charge is 0.357 e. The van der Waals surface area contributed by atoms with Gasteiger partial charge in [-0.3, -0.25) is 0 Å². The van der Waals surface area contributed by atoms with Crippen LogP contribution in [-0.4, -0.2) is 38.5 Å². The van der Waals surface area contributed by atoms with E-state index in [4.69, 9.17) is 10.5 Å². The Morgan fingerprint density at radius 3 is 2.73 bits per heavy atom. The minimum absolute atomic E-state index is 0.0335. The first-order valence-electron chi connectivity index (χ1n) is 7.35. The predicted molar refractivity (Wildman–Crippen MR) is 90.3 cm³/mol. The number of hydrogen-bond donors (Lipinski definition) is 2. The number of carbonyl (C=O) groups excluding carboxylic acids is 1. The Morgan fingerprint density at radius 2 is 2.15 bits per heavy atom. The second-order valence-corrected chi connectivity index (χ2v) is 5.24. The molecule has 130 valence electrons. The van der Waals surface area contributed by atoms with E-state index in [1.165, 1.54) is 34.7 Å². The fourth-order valence-corrected chi connectivity index (χ4v) is 2.57. The van der Waals surface area contributed by atoms with Gasteiger partial charge in [-0.05, 0) is 24.3 Å². The number of hydrogen-bond acceptors (Lipinski definition) is 6. The van der Waals surface area contributed by atoms with Crippen molar-refractivity contribution in [3.8, 4) is 17.4 Å². The van der Waals surface area contributed by atoms with Gasteiger partial charge in [-0.2, -0.15) is 10.4 Å². The number of ether oxygens (including phenoxy) is 1. The van der Waals surface area contributed by atoms with Crippen LogP contribution >= 0.6 is 0 Å². The van der Waals surface area contributed by atoms with E-state index in [-0.39, 0.29) is 28.2 Å². The lowest BCUT2D eigenvalue weighted by atomic mass is 10.1. The molecule has 0 saturated carbocycles. The van der Waals surface area contributed by atoms with Crippen molar-refractivity contribution in [3.05, 3.63) is 59.7 Å². The standard InChI is InChI=1S/C17H13N5O4/c1-26-17(25)15-14(19)10(8-18)9-21(15)13-7-11(22-6-2-5-20-22)3-4-12(13)16(23)24/h2-7,9H,19H2,1H3,(H,23,24). The lowest BCUT2D eigenvalue weighted by molar-refractivity contribution is 0.0591. The molecular formula is C17H13N5O4. The van der Waals surface area contributed by atoms with Gasteiger partial charge < -0.3 is 20.1 Å². The Hall–Kier alpha value is -4.06. The molecule has 2 aromatic heterocycles. The number of aromatic nitrogens is 3. The normalized spacial score (nSPS) is 10.3. The number of carboxylic acids is 1. The quantitative estimate of drug-likeness (QED) is 0.681. The van der Waals surface area contributed by atoms with E-state index in [1.54, 1.807) is 24.5 Å². The Labute approximate surface area is 147 Å². The molecule has 0 amide bonds. The van der Waals surface area contributed by atoms with Crippen LogP contribution in [0.25, 0.3) is 11.4 Å². The van der Waals surface area contributed by atoms with Gasteiger partial charge in [-0.25, -0.2) is 14.3 Å². The maximum atomic E-state index is 12.2. The minimum Gasteiger partial charge on any atom is -0.478 e. The zero-order valence-corrected chi connectivity index (χ0v) is 13.6. The zero-order valence-electron chi connectivity index (χ0n) is 13.6. The molecule has 0 aliphatic carbocycles. The number of carbonyl (C=O) groups is 2. The molecular weight excluding hydrogens is 338 g/mol. The predicted octanol–water partition coefficient (Wildman–Crippen LogP) is 1.60. The summed E-state index contributed by atoms with van der Waals surface area (Å²) < 4.78 is 7.50. The second kappa shape index (κ2) is 6.45. The maximum Gasteiger partial charge on any atom is 0.357 e. The molecule has 0 bridgehead atoms. The highest BCUT2D eigenvalue weighted by Gasteiger charge is 2.24. The lowest BCUT2D eigenvalue weighted by Gasteiger charge is -2.13. The number of nitrogens with two attached hydrogens (primary N) is 1. The molecule has 3 N–H and O–H groups in total. The van der Waals surface area contributed by atoms with Crippen LogP contribution in [0.4, 0.5) is 5.69 Å². The minimum atomic E-state index is -1.20. The van der Waals surface area contributed by atoms with Crippen LogP contribution in [0.2, 0.25) is 0 Å². The van der Waals surface area contributed by atoms with Crippen molar-refractivity contribution in [3.63, 3.8) is 0 Å². The number of benzene rings is 1. The largest absolute Gasteiger partial charge is 0.478 e. The summed E-state index contributed by atoms with van der Waals surface area (Å²) >= 11 is 0. The summed E-state index contributed by atoms with van der Waals surface area (Å²) in [5, 5.41) is 22.8. The van der Waals surface area contributed by atoms with Gasteiger partial charge in [0, 0.05) is 18.6 Å². The van der Waals surface area contributed by atoms with E-state index in [0.717, 1.165) is 0 Å². The van der Waals surface area contributed by atoms with Crippen molar-refractivity contribution in [1.29, 1.82) is 5.26 Å². The van der Waals surface area contributed by atoms with Crippen LogP contribution in [0.3, 0.4) is 0 Å². The van der Waals surface area contributed by atoms with Crippen LogP contribution in [0.5, 0.6) is 0 Å². The first-order chi connectivity index (χ1) is 12.5. The topological polar surface area (TPSA) is 136 Å². The molecule has 9 nitrogen and oxygen atoms in total. The second-order valence-electron chi connectivity index (χ2n) is 5.24. The fraction of sp³-hybridized carbons (Fsp3) is 0.0588. The molecule has 2 heterocycles. The summed E-state index contributed by atoms with van der Waals surface area (Å²) in [6, 6.07) is 8.09. The Morgan fingerprint density at radius 1 is 1.38 bits per heavy atom. The average molecular weight is 351 g/mol. The van der Waals surface area contributed by atoms with E-state index in [9.17, 15) is 20.0 Å². The third-order valence-corrected chi connectivity index (χ3v) is 3.78. The SMILES string of the molecule is COC(=O)c1c(N)c(C#N)cn1-c1cc(-n2cccn2)ccc1C(=O)O. The zero-order chi connectivity index (χ0) is 18.8. The molecule has 0 aliphatic heterocycles. The molecule has 1 aromatic carbocycles. The Balaban J connectivity index is 2.32. The number of methoxy groups -OCH3 is 1. The van der Waals surface area contributed by atoms with Gasteiger partial charge in [0.15, 0.2) is 5.69 Å². The fourth-order valence-electron chi connectivity index (χ4n) is 2.57. The van der Waals surface area contributed by atoms with Crippen molar-refractivity contribution >= 4 is 17.6 Å². The summed E-state index contributed by atoms with van der Waals surface area (Å²) in [5.74, 6) is -1.99. The van der Waals surface area contributed by atoms with E-state index < -0.39 is 11.9 Å². The van der Waals surface area contributed by atoms with Gasteiger partial charge in [0.05, 0.1) is 35.3 Å². The lowest BCUT2D eigenvalue weighted by Crippen LogP contribution is -2.14. The molecule has 0 atom stereocenters. The van der Waals surface area contributed by atoms with Gasteiger partial charge in [-0.15, -0.1) is 0 Å². The third kappa shape index (κ3) is 2.65. The molecule has 3 aromatic rings. The molecule has 0 spiro atoms. The van der Waals surface area contributed by atoms with Gasteiger partial charge in [0.25, 0.3) is 0 Å². The molecule has 0 unspecified atom stereocenters. The summed E-state index contributed by atoms with van der Waals surface area (Å²) in [5.41, 5.74) is 6.35. The van der Waals surface area contributed by atoms with E-state index in [1.807, 2.05) is 6.07 Å². The van der Waals surface area contributed by atoms with Crippen LogP contribution in [0, 0.1) is 11.3 Å². The highest BCUT2D eigenvalue weighted by molar-refractivity contribution is 5.98. The van der Waals surface area contributed by atoms with E-state index in [2.05, 4.69) is 5.10 Å². The summed E-state index contributed by atoms with van der Waals surface area (Å²) in [6.07, 6.45) is 4.56. The summed E-state index contributed by atoms with van der Waals surface area (Å²) in [7, 11) is 1.17. The van der Waals surface area contributed by atoms with Crippen LogP contribution in [0.1, 0.15) is 26.4 Å². The highest BCUT2D eigenvalue weighted by Crippen LogP contribution is 2.28. The molecule has 0 fully saturated rings. The molecule has 0 aliphatic rings. The molecule has 3 rings (SSSR count). The molecule has 26 heavy (non-hydrogen) atoms. The number of nitrogens with zero attached hydrogens (tertiary/aromatic N) is 4. The first-order valence-corrected chi connectivity index (χ1v) is 7.35. The van der Waals surface area contributed by atoms with Crippen molar-refractivity contribution in [1.82, 2.24) is 14.3 Å². The molecule has 0 saturated heterocycles. The van der Waals surface area contributed by atoms with Gasteiger partial charge in [0.2, 0.25) is 0 Å². The number of esters is 1. The van der Waals surface area contributed by atoms with Crippen molar-refractivity contribution in [2.75, 3.05) is 12.8 Å². The molecule has 9 heteroatoms. The molecule has 0 radical (unpaired) electrons. The van der Waals surface area contributed by atoms with Crippen LogP contribution < -0.4 is 5.73 Å². The number of anilines is 1. The van der Waals surface area contributed by atoms with Gasteiger partial charge in [0.1, 0.15) is 6.07 Å². The maximum absolute atomic E-state index is 12.2. The van der Waals surface area contributed by atoms with Crippen molar-refractivity contribution in [2.24, 2.45) is 0 Å². The Kier molecular flexibility index (Phi) is 4.16. The number of aromatic carboxylic acids is 1. The average Bonchev–Trinajstić information content (AvgIpc) is 3.28. The number of nitriles is 1. The van der Waals surface area contributed by atoms with E-state index >= 15 is 0 Å². The van der Waals surface area contributed by atoms with Crippen LogP contribution in [-0.2, 0) is 4.74 Å². The monoisotopic (exact) mass is 351 g/mol. The summed E-state index contributed by atoms with van der Waals surface area (Å²) in [4.78, 5) is 23.8. The summed E-state index contributed by atoms with van der Waals surface area (Å²) in [6.45, 7) is 0. The van der Waals surface area contributed by atoms with Crippen LogP contribution in [0.15, 0.2) is 42.9 Å². The highest BCUT2D eigenvalue weighted by atomic mass is 16.5.